The molecule has 2 rings (SSSR count). The molecule has 0 N–H and O–H groups in total. The molecule has 5 heteroatoms. The highest BCUT2D eigenvalue weighted by molar-refractivity contribution is 9.09. The molecule has 1 unspecified atom stereocenters. The molecule has 1 saturated heterocycles. The predicted octanol–water partition coefficient (Wildman–Crippen LogP) is 2.47. The van der Waals surface area contributed by atoms with Gasteiger partial charge in [0, 0.05) is 18.4 Å². The Morgan fingerprint density at radius 1 is 1.44 bits per heavy atom. The van der Waals surface area contributed by atoms with Crippen LogP contribution >= 0.6 is 15.9 Å². The quantitative estimate of drug-likeness (QED) is 0.786. The van der Waals surface area contributed by atoms with E-state index >= 15 is 0 Å². The number of hydrogen-bond acceptors (Lipinski definition) is 4. The van der Waals surface area contributed by atoms with E-state index < -0.39 is 0 Å². The van der Waals surface area contributed by atoms with Crippen LogP contribution in [-0.4, -0.2) is 40.1 Å². The van der Waals surface area contributed by atoms with Crippen LogP contribution in [0.15, 0.2) is 6.20 Å². The number of halogens is 1. The van der Waals surface area contributed by atoms with Crippen LogP contribution in [0.3, 0.4) is 0 Å². The monoisotopic (exact) mass is 313 g/mol. The lowest BCUT2D eigenvalue weighted by molar-refractivity contribution is -0.0726. The summed E-state index contributed by atoms with van der Waals surface area (Å²) in [5.74, 6) is 0.945. The van der Waals surface area contributed by atoms with E-state index in [0.29, 0.717) is 0 Å². The van der Waals surface area contributed by atoms with Crippen LogP contribution in [0, 0.1) is 13.8 Å². The first-order valence-corrected chi connectivity index (χ1v) is 7.32. The van der Waals surface area contributed by atoms with Crippen molar-refractivity contribution in [1.29, 1.82) is 0 Å². The fraction of sp³-hybridized carbons (Fsp3) is 0.692. The molecule has 1 aliphatic heterocycles. The topological polar surface area (TPSA) is 38.2 Å². The van der Waals surface area contributed by atoms with E-state index in [1.54, 1.807) is 0 Å². The number of aryl methyl sites for hydroxylation is 2. The van der Waals surface area contributed by atoms with Crippen molar-refractivity contribution in [2.45, 2.75) is 39.4 Å². The highest BCUT2D eigenvalue weighted by atomic mass is 79.9. The molecule has 1 aromatic rings. The van der Waals surface area contributed by atoms with Gasteiger partial charge in [-0.1, -0.05) is 15.9 Å². The van der Waals surface area contributed by atoms with Crippen molar-refractivity contribution in [1.82, 2.24) is 9.97 Å². The second-order valence-electron chi connectivity index (χ2n) is 5.43. The zero-order chi connectivity index (χ0) is 13.3. The van der Waals surface area contributed by atoms with Gasteiger partial charge in [-0.2, -0.15) is 0 Å². The van der Waals surface area contributed by atoms with Gasteiger partial charge in [0.15, 0.2) is 0 Å². The van der Waals surface area contributed by atoms with Crippen molar-refractivity contribution < 1.29 is 4.74 Å². The second-order valence-corrected chi connectivity index (χ2v) is 6.08. The SMILES string of the molecule is Cc1ncc(N2CC(CBr)OC(C)(C)C2)nc1C. The number of rotatable bonds is 2. The van der Waals surface area contributed by atoms with Crippen molar-refractivity contribution in [3.05, 3.63) is 17.6 Å². The van der Waals surface area contributed by atoms with E-state index in [1.807, 2.05) is 20.0 Å². The molecule has 1 aliphatic rings. The molecule has 0 bridgehead atoms. The highest BCUT2D eigenvalue weighted by Crippen LogP contribution is 2.25. The Balaban J connectivity index is 2.23. The molecule has 1 fully saturated rings. The number of anilines is 1. The standard InChI is InChI=1S/C13H20BrN3O/c1-9-10(2)16-12(6-15-9)17-7-11(5-14)18-13(3,4)8-17/h6,11H,5,7-8H2,1-4H3. The van der Waals surface area contributed by atoms with Gasteiger partial charge in [-0.15, -0.1) is 0 Å². The van der Waals surface area contributed by atoms with Gasteiger partial charge in [0.25, 0.3) is 0 Å². The lowest BCUT2D eigenvalue weighted by atomic mass is 10.1. The predicted molar refractivity (Wildman–Crippen MR) is 76.5 cm³/mol. The van der Waals surface area contributed by atoms with Crippen LogP contribution in [0.5, 0.6) is 0 Å². The molecule has 1 aromatic heterocycles. The molecular formula is C13H20BrN3O. The molecule has 0 aromatic carbocycles. The number of nitrogens with zero attached hydrogens (tertiary/aromatic N) is 3. The zero-order valence-electron chi connectivity index (χ0n) is 11.4. The average molecular weight is 314 g/mol. The van der Waals surface area contributed by atoms with Gasteiger partial charge in [-0.25, -0.2) is 4.98 Å². The Kier molecular flexibility index (Phi) is 3.92. The van der Waals surface area contributed by atoms with Crippen LogP contribution in [0.25, 0.3) is 0 Å². The van der Waals surface area contributed by atoms with E-state index in [9.17, 15) is 0 Å². The number of ether oxygens (including phenoxy) is 1. The van der Waals surface area contributed by atoms with Crippen molar-refractivity contribution in [2.75, 3.05) is 23.3 Å². The summed E-state index contributed by atoms with van der Waals surface area (Å²) in [4.78, 5) is 11.3. The largest absolute Gasteiger partial charge is 0.368 e. The lowest BCUT2D eigenvalue weighted by Crippen LogP contribution is -2.53. The molecule has 1 atom stereocenters. The van der Waals surface area contributed by atoms with Crippen LogP contribution in [0.2, 0.25) is 0 Å². The molecule has 2 heterocycles. The normalized spacial score (nSPS) is 23.2. The number of aromatic nitrogens is 2. The summed E-state index contributed by atoms with van der Waals surface area (Å²) < 4.78 is 5.99. The van der Waals surface area contributed by atoms with Crippen molar-refractivity contribution in [3.8, 4) is 0 Å². The number of hydrogen-bond donors (Lipinski definition) is 0. The third-order valence-corrected chi connectivity index (χ3v) is 3.88. The molecule has 0 radical (unpaired) electrons. The van der Waals surface area contributed by atoms with Gasteiger partial charge >= 0.3 is 0 Å². The van der Waals surface area contributed by atoms with E-state index in [4.69, 9.17) is 4.74 Å². The maximum absolute atomic E-state index is 5.99. The Labute approximate surface area is 117 Å². The van der Waals surface area contributed by atoms with Gasteiger partial charge in [0.2, 0.25) is 0 Å². The Bertz CT molecular complexity index is 436. The summed E-state index contributed by atoms with van der Waals surface area (Å²) in [6, 6.07) is 0. The molecule has 0 spiro atoms. The van der Waals surface area contributed by atoms with Gasteiger partial charge in [0.05, 0.1) is 29.3 Å². The summed E-state index contributed by atoms with van der Waals surface area (Å²) >= 11 is 3.50. The summed E-state index contributed by atoms with van der Waals surface area (Å²) in [5, 5.41) is 0.838. The molecule has 0 saturated carbocycles. The molecular weight excluding hydrogens is 294 g/mol. The van der Waals surface area contributed by atoms with Gasteiger partial charge in [0.1, 0.15) is 5.82 Å². The summed E-state index contributed by atoms with van der Waals surface area (Å²) in [5.41, 5.74) is 1.83. The first-order valence-electron chi connectivity index (χ1n) is 6.20. The third-order valence-electron chi connectivity index (χ3n) is 3.16. The van der Waals surface area contributed by atoms with Crippen molar-refractivity contribution in [2.24, 2.45) is 0 Å². The first-order chi connectivity index (χ1) is 8.41. The fourth-order valence-electron chi connectivity index (χ4n) is 2.23. The van der Waals surface area contributed by atoms with E-state index in [1.165, 1.54) is 0 Å². The molecule has 18 heavy (non-hydrogen) atoms. The van der Waals surface area contributed by atoms with Crippen LogP contribution in [-0.2, 0) is 4.74 Å². The van der Waals surface area contributed by atoms with Crippen LogP contribution in [0.1, 0.15) is 25.2 Å². The summed E-state index contributed by atoms with van der Waals surface area (Å²) in [6.45, 7) is 9.90. The van der Waals surface area contributed by atoms with Crippen LogP contribution < -0.4 is 4.90 Å². The minimum absolute atomic E-state index is 0.156. The van der Waals surface area contributed by atoms with Crippen molar-refractivity contribution in [3.63, 3.8) is 0 Å². The van der Waals surface area contributed by atoms with Crippen molar-refractivity contribution >= 4 is 21.7 Å². The minimum Gasteiger partial charge on any atom is -0.368 e. The third kappa shape index (κ3) is 3.01. The Morgan fingerprint density at radius 3 is 2.78 bits per heavy atom. The first kappa shape index (κ1) is 13.7. The summed E-state index contributed by atoms with van der Waals surface area (Å²) in [6.07, 6.45) is 2.05. The molecule has 4 nitrogen and oxygen atoms in total. The average Bonchev–Trinajstić information content (AvgIpc) is 2.30. The van der Waals surface area contributed by atoms with E-state index in [2.05, 4.69) is 44.6 Å². The van der Waals surface area contributed by atoms with E-state index in [-0.39, 0.29) is 11.7 Å². The maximum atomic E-state index is 5.99. The van der Waals surface area contributed by atoms with Gasteiger partial charge in [-0.3, -0.25) is 4.98 Å². The fourth-order valence-corrected chi connectivity index (χ4v) is 2.57. The van der Waals surface area contributed by atoms with E-state index in [0.717, 1.165) is 35.6 Å². The lowest BCUT2D eigenvalue weighted by Gasteiger charge is -2.42. The minimum atomic E-state index is -0.156. The van der Waals surface area contributed by atoms with Gasteiger partial charge < -0.3 is 9.64 Å². The number of alkyl halides is 1. The Hall–Kier alpha value is -0.680. The zero-order valence-corrected chi connectivity index (χ0v) is 13.0. The maximum Gasteiger partial charge on any atom is 0.147 e. The molecule has 100 valence electrons. The highest BCUT2D eigenvalue weighted by Gasteiger charge is 2.33. The smallest absolute Gasteiger partial charge is 0.147 e. The summed E-state index contributed by atoms with van der Waals surface area (Å²) in [7, 11) is 0. The molecule has 0 amide bonds. The number of morpholine rings is 1. The molecule has 0 aliphatic carbocycles. The van der Waals surface area contributed by atoms with Gasteiger partial charge in [-0.05, 0) is 27.7 Å². The second kappa shape index (κ2) is 5.13. The Morgan fingerprint density at radius 2 is 2.17 bits per heavy atom. The van der Waals surface area contributed by atoms with Crippen LogP contribution in [0.4, 0.5) is 5.82 Å².